The van der Waals surface area contributed by atoms with Crippen LogP contribution in [0.4, 0.5) is 0 Å². The molecule has 2 nitrogen and oxygen atoms in total. The van der Waals surface area contributed by atoms with Crippen molar-refractivity contribution in [1.29, 1.82) is 0 Å². The van der Waals surface area contributed by atoms with Crippen LogP contribution in [0.1, 0.15) is 18.4 Å². The first-order valence-electron chi connectivity index (χ1n) is 5.25. The van der Waals surface area contributed by atoms with E-state index < -0.39 is 0 Å². The van der Waals surface area contributed by atoms with Gasteiger partial charge in [0.1, 0.15) is 5.75 Å². The second-order valence-corrected chi connectivity index (χ2v) is 3.89. The van der Waals surface area contributed by atoms with Gasteiger partial charge in [-0.3, -0.25) is 0 Å². The Morgan fingerprint density at radius 1 is 1.36 bits per heavy atom. The molecule has 1 aromatic carbocycles. The molecule has 1 aliphatic rings. The van der Waals surface area contributed by atoms with E-state index >= 15 is 0 Å². The molecule has 0 aliphatic heterocycles. The van der Waals surface area contributed by atoms with Crippen LogP contribution in [0.15, 0.2) is 24.3 Å². The smallest absolute Gasteiger partial charge is 0.123 e. The Balaban J connectivity index is 1.97. The summed E-state index contributed by atoms with van der Waals surface area (Å²) in [5, 5.41) is 3.15. The van der Waals surface area contributed by atoms with Gasteiger partial charge in [-0.2, -0.15) is 0 Å². The van der Waals surface area contributed by atoms with Crippen molar-refractivity contribution in [3.8, 4) is 5.75 Å². The molecule has 0 bridgehead atoms. The lowest BCUT2D eigenvalue weighted by molar-refractivity contribution is 0.296. The molecule has 1 fully saturated rings. The molecular formula is C12H17NO. The van der Waals surface area contributed by atoms with Gasteiger partial charge in [0.05, 0.1) is 6.61 Å². The van der Waals surface area contributed by atoms with E-state index in [0.29, 0.717) is 0 Å². The summed E-state index contributed by atoms with van der Waals surface area (Å²) in [5.41, 5.74) is 1.25. The summed E-state index contributed by atoms with van der Waals surface area (Å²) in [6, 6.07) is 8.24. The zero-order valence-electron chi connectivity index (χ0n) is 8.62. The van der Waals surface area contributed by atoms with Crippen LogP contribution in [0.2, 0.25) is 0 Å². The second-order valence-electron chi connectivity index (χ2n) is 3.89. The van der Waals surface area contributed by atoms with Gasteiger partial charge in [0, 0.05) is 12.1 Å². The second kappa shape index (κ2) is 4.47. The van der Waals surface area contributed by atoms with Gasteiger partial charge < -0.3 is 10.1 Å². The fourth-order valence-electron chi connectivity index (χ4n) is 1.47. The predicted molar refractivity (Wildman–Crippen MR) is 57.4 cm³/mol. The molecule has 0 saturated heterocycles. The van der Waals surface area contributed by atoms with Crippen molar-refractivity contribution in [3.05, 3.63) is 29.8 Å². The Morgan fingerprint density at radius 3 is 2.86 bits per heavy atom. The first-order chi connectivity index (χ1) is 6.90. The summed E-state index contributed by atoms with van der Waals surface area (Å²) in [7, 11) is 1.96. The standard InChI is InChI=1S/C12H17NO/c1-13-8-11-4-2-3-5-12(11)14-9-10-6-7-10/h2-5,10,13H,6-9H2,1H3. The third-order valence-corrected chi connectivity index (χ3v) is 2.51. The van der Waals surface area contributed by atoms with Crippen LogP contribution in [0.3, 0.4) is 0 Å². The highest BCUT2D eigenvalue weighted by Gasteiger charge is 2.22. The van der Waals surface area contributed by atoms with Gasteiger partial charge in [0.15, 0.2) is 0 Å². The maximum absolute atomic E-state index is 5.77. The van der Waals surface area contributed by atoms with E-state index in [0.717, 1.165) is 24.8 Å². The molecule has 0 amide bonds. The van der Waals surface area contributed by atoms with Crippen molar-refractivity contribution in [2.75, 3.05) is 13.7 Å². The number of para-hydroxylation sites is 1. The van der Waals surface area contributed by atoms with E-state index in [9.17, 15) is 0 Å². The molecule has 76 valence electrons. The minimum absolute atomic E-state index is 0.817. The van der Waals surface area contributed by atoms with Crippen LogP contribution in [0.5, 0.6) is 5.75 Å². The van der Waals surface area contributed by atoms with Gasteiger partial charge in [0.25, 0.3) is 0 Å². The quantitative estimate of drug-likeness (QED) is 0.770. The summed E-state index contributed by atoms with van der Waals surface area (Å²) in [6.45, 7) is 1.77. The Hall–Kier alpha value is -1.02. The van der Waals surface area contributed by atoms with E-state index in [1.54, 1.807) is 0 Å². The van der Waals surface area contributed by atoms with Gasteiger partial charge in [0.2, 0.25) is 0 Å². The normalized spacial score (nSPS) is 15.5. The average Bonchev–Trinajstić information content (AvgIpc) is 3.01. The average molecular weight is 191 g/mol. The molecule has 1 aliphatic carbocycles. The highest BCUT2D eigenvalue weighted by Crippen LogP contribution is 2.30. The number of hydrogen-bond donors (Lipinski definition) is 1. The summed E-state index contributed by atoms with van der Waals surface area (Å²) < 4.78 is 5.77. The third kappa shape index (κ3) is 2.48. The third-order valence-electron chi connectivity index (χ3n) is 2.51. The van der Waals surface area contributed by atoms with Crippen LogP contribution in [0.25, 0.3) is 0 Å². The van der Waals surface area contributed by atoms with Crippen LogP contribution in [0, 0.1) is 5.92 Å². The maximum atomic E-state index is 5.77. The van der Waals surface area contributed by atoms with Crippen LogP contribution in [-0.2, 0) is 6.54 Å². The molecule has 0 radical (unpaired) electrons. The molecule has 0 aromatic heterocycles. The zero-order valence-corrected chi connectivity index (χ0v) is 8.62. The SMILES string of the molecule is CNCc1ccccc1OCC1CC1. The molecule has 0 heterocycles. The Labute approximate surface area is 85.3 Å². The van der Waals surface area contributed by atoms with E-state index in [-0.39, 0.29) is 0 Å². The zero-order chi connectivity index (χ0) is 9.80. The summed E-state index contributed by atoms with van der Waals surface area (Å²) in [5.74, 6) is 1.85. The Morgan fingerprint density at radius 2 is 2.14 bits per heavy atom. The van der Waals surface area contributed by atoms with E-state index in [1.165, 1.54) is 18.4 Å². The summed E-state index contributed by atoms with van der Waals surface area (Å²) >= 11 is 0. The van der Waals surface area contributed by atoms with Gasteiger partial charge in [-0.1, -0.05) is 18.2 Å². The van der Waals surface area contributed by atoms with E-state index in [1.807, 2.05) is 13.1 Å². The fourth-order valence-corrected chi connectivity index (χ4v) is 1.47. The first kappa shape index (κ1) is 9.53. The van der Waals surface area contributed by atoms with Crippen molar-refractivity contribution in [1.82, 2.24) is 5.32 Å². The summed E-state index contributed by atoms with van der Waals surface area (Å²) in [4.78, 5) is 0. The van der Waals surface area contributed by atoms with Gasteiger partial charge >= 0.3 is 0 Å². The molecule has 2 heteroatoms. The van der Waals surface area contributed by atoms with Crippen LogP contribution >= 0.6 is 0 Å². The van der Waals surface area contributed by atoms with E-state index in [2.05, 4.69) is 23.5 Å². The molecule has 2 rings (SSSR count). The van der Waals surface area contributed by atoms with Crippen molar-refractivity contribution < 1.29 is 4.74 Å². The topological polar surface area (TPSA) is 21.3 Å². The lowest BCUT2D eigenvalue weighted by Gasteiger charge is -2.10. The predicted octanol–water partition coefficient (Wildman–Crippen LogP) is 2.19. The van der Waals surface area contributed by atoms with Crippen molar-refractivity contribution in [2.45, 2.75) is 19.4 Å². The number of ether oxygens (including phenoxy) is 1. The molecule has 0 atom stereocenters. The summed E-state index contributed by atoms with van der Waals surface area (Å²) in [6.07, 6.45) is 2.68. The van der Waals surface area contributed by atoms with E-state index in [4.69, 9.17) is 4.74 Å². The Kier molecular flexibility index (Phi) is 3.04. The fraction of sp³-hybridized carbons (Fsp3) is 0.500. The highest BCUT2D eigenvalue weighted by molar-refractivity contribution is 5.33. The van der Waals surface area contributed by atoms with Gasteiger partial charge in [-0.05, 0) is 31.9 Å². The number of benzene rings is 1. The molecule has 1 aromatic rings. The maximum Gasteiger partial charge on any atom is 0.123 e. The largest absolute Gasteiger partial charge is 0.493 e. The highest BCUT2D eigenvalue weighted by atomic mass is 16.5. The van der Waals surface area contributed by atoms with Gasteiger partial charge in [-0.25, -0.2) is 0 Å². The van der Waals surface area contributed by atoms with Crippen molar-refractivity contribution >= 4 is 0 Å². The molecule has 0 spiro atoms. The number of nitrogens with one attached hydrogen (secondary N) is 1. The lowest BCUT2D eigenvalue weighted by atomic mass is 10.2. The molecule has 0 unspecified atom stereocenters. The first-order valence-corrected chi connectivity index (χ1v) is 5.25. The molecule has 14 heavy (non-hydrogen) atoms. The van der Waals surface area contributed by atoms with Crippen LogP contribution < -0.4 is 10.1 Å². The van der Waals surface area contributed by atoms with Crippen molar-refractivity contribution in [3.63, 3.8) is 0 Å². The lowest BCUT2D eigenvalue weighted by Crippen LogP contribution is -2.08. The number of rotatable bonds is 5. The minimum Gasteiger partial charge on any atom is -0.493 e. The molecular weight excluding hydrogens is 174 g/mol. The Bertz CT molecular complexity index is 294. The minimum atomic E-state index is 0.817. The van der Waals surface area contributed by atoms with Crippen LogP contribution in [-0.4, -0.2) is 13.7 Å². The molecule has 1 N–H and O–H groups in total. The molecule has 1 saturated carbocycles. The van der Waals surface area contributed by atoms with Gasteiger partial charge in [-0.15, -0.1) is 0 Å². The van der Waals surface area contributed by atoms with Crippen molar-refractivity contribution in [2.24, 2.45) is 5.92 Å². The number of hydrogen-bond acceptors (Lipinski definition) is 2. The monoisotopic (exact) mass is 191 g/mol.